The van der Waals surface area contributed by atoms with E-state index in [1.54, 1.807) is 0 Å². The van der Waals surface area contributed by atoms with E-state index < -0.39 is 0 Å². The van der Waals surface area contributed by atoms with Gasteiger partial charge in [-0.25, -0.2) is 0 Å². The van der Waals surface area contributed by atoms with Crippen molar-refractivity contribution in [3.63, 3.8) is 0 Å². The molecule has 1 aromatic heterocycles. The predicted octanol–water partition coefficient (Wildman–Crippen LogP) is 0.177. The minimum atomic E-state index is -0.182. The second kappa shape index (κ2) is 3.04. The van der Waals surface area contributed by atoms with Crippen molar-refractivity contribution in [2.24, 2.45) is 5.41 Å². The van der Waals surface area contributed by atoms with E-state index in [0.717, 1.165) is 12.8 Å². The number of amides is 1. The van der Waals surface area contributed by atoms with Crippen LogP contribution in [0.25, 0.3) is 0 Å². The predicted molar refractivity (Wildman–Crippen MR) is 48.1 cm³/mol. The van der Waals surface area contributed by atoms with Gasteiger partial charge in [0, 0.05) is 5.41 Å². The van der Waals surface area contributed by atoms with Crippen LogP contribution in [0.5, 0.6) is 0 Å². The molecule has 0 radical (unpaired) electrons. The smallest absolute Gasteiger partial charge is 0.226 e. The molecule has 14 heavy (non-hydrogen) atoms. The molecular weight excluding hydrogens is 182 g/mol. The fraction of sp³-hybridized carbons (Fsp3) is 0.750. The molecular formula is C8H13N5O. The molecule has 76 valence electrons. The summed E-state index contributed by atoms with van der Waals surface area (Å²) < 4.78 is 0. The largest absolute Gasteiger partial charge is 0.346 e. The fourth-order valence-corrected chi connectivity index (χ4v) is 1.20. The minimum Gasteiger partial charge on any atom is -0.346 e. The van der Waals surface area contributed by atoms with Gasteiger partial charge in [0.05, 0.1) is 6.04 Å². The third-order valence-corrected chi connectivity index (χ3v) is 2.64. The highest BCUT2D eigenvalue weighted by Gasteiger charge is 2.45. The van der Waals surface area contributed by atoms with Gasteiger partial charge in [0.15, 0.2) is 5.82 Å². The van der Waals surface area contributed by atoms with Crippen molar-refractivity contribution < 1.29 is 4.79 Å². The molecule has 2 N–H and O–H groups in total. The Morgan fingerprint density at radius 3 is 2.86 bits per heavy atom. The van der Waals surface area contributed by atoms with Crippen molar-refractivity contribution in [1.29, 1.82) is 0 Å². The number of aromatic amines is 1. The average Bonchev–Trinajstić information content (AvgIpc) is 2.71. The molecule has 1 aliphatic carbocycles. The molecule has 6 nitrogen and oxygen atoms in total. The molecule has 1 aliphatic rings. The summed E-state index contributed by atoms with van der Waals surface area (Å²) in [5.41, 5.74) is -0.155. The molecule has 0 bridgehead atoms. The van der Waals surface area contributed by atoms with E-state index in [2.05, 4.69) is 25.9 Å². The highest BCUT2D eigenvalue weighted by molar-refractivity contribution is 5.84. The third kappa shape index (κ3) is 1.59. The number of rotatable bonds is 3. The molecule has 0 aromatic carbocycles. The molecule has 1 unspecified atom stereocenters. The lowest BCUT2D eigenvalue weighted by molar-refractivity contribution is -0.126. The van der Waals surface area contributed by atoms with E-state index in [-0.39, 0.29) is 17.4 Å². The molecule has 1 fully saturated rings. The van der Waals surface area contributed by atoms with Gasteiger partial charge in [-0.15, -0.1) is 10.2 Å². The number of H-pyrrole nitrogens is 1. The van der Waals surface area contributed by atoms with Crippen LogP contribution in [0, 0.1) is 5.41 Å². The van der Waals surface area contributed by atoms with Gasteiger partial charge in [0.2, 0.25) is 5.91 Å². The van der Waals surface area contributed by atoms with Crippen molar-refractivity contribution in [1.82, 2.24) is 25.9 Å². The quantitative estimate of drug-likeness (QED) is 0.720. The van der Waals surface area contributed by atoms with Gasteiger partial charge in [-0.05, 0) is 19.8 Å². The van der Waals surface area contributed by atoms with Gasteiger partial charge < -0.3 is 5.32 Å². The lowest BCUT2D eigenvalue weighted by Gasteiger charge is -2.13. The van der Waals surface area contributed by atoms with E-state index in [1.165, 1.54) is 0 Å². The maximum atomic E-state index is 11.6. The van der Waals surface area contributed by atoms with E-state index >= 15 is 0 Å². The van der Waals surface area contributed by atoms with E-state index in [0.29, 0.717) is 5.82 Å². The highest BCUT2D eigenvalue weighted by Crippen LogP contribution is 2.45. The lowest BCUT2D eigenvalue weighted by Crippen LogP contribution is -2.33. The average molecular weight is 195 g/mol. The van der Waals surface area contributed by atoms with Gasteiger partial charge in [0.25, 0.3) is 0 Å². The molecule has 1 amide bonds. The van der Waals surface area contributed by atoms with E-state index in [1.807, 2.05) is 13.8 Å². The van der Waals surface area contributed by atoms with Crippen LogP contribution in [0.3, 0.4) is 0 Å². The zero-order valence-corrected chi connectivity index (χ0v) is 8.24. The Bertz CT molecular complexity index is 330. The third-order valence-electron chi connectivity index (χ3n) is 2.64. The zero-order chi connectivity index (χ0) is 10.2. The second-order valence-electron chi connectivity index (χ2n) is 4.03. The van der Waals surface area contributed by atoms with Gasteiger partial charge >= 0.3 is 0 Å². The Kier molecular flexibility index (Phi) is 1.98. The molecule has 1 atom stereocenters. The van der Waals surface area contributed by atoms with Crippen LogP contribution in [-0.2, 0) is 4.79 Å². The number of carbonyl (C=O) groups is 1. The molecule has 0 spiro atoms. The summed E-state index contributed by atoms with van der Waals surface area (Å²) in [6, 6.07) is -0.182. The van der Waals surface area contributed by atoms with Gasteiger partial charge in [-0.1, -0.05) is 12.1 Å². The van der Waals surface area contributed by atoms with E-state index in [9.17, 15) is 4.79 Å². The van der Waals surface area contributed by atoms with Crippen LogP contribution in [0.1, 0.15) is 38.6 Å². The Balaban J connectivity index is 1.95. The molecule has 1 heterocycles. The van der Waals surface area contributed by atoms with Crippen LogP contribution >= 0.6 is 0 Å². The molecule has 1 aromatic rings. The van der Waals surface area contributed by atoms with Gasteiger partial charge in [-0.3, -0.25) is 4.79 Å². The maximum absolute atomic E-state index is 11.6. The number of aromatic nitrogens is 4. The first-order valence-corrected chi connectivity index (χ1v) is 4.66. The summed E-state index contributed by atoms with van der Waals surface area (Å²) in [5.74, 6) is 0.595. The summed E-state index contributed by atoms with van der Waals surface area (Å²) in [7, 11) is 0. The van der Waals surface area contributed by atoms with Crippen LogP contribution in [0.4, 0.5) is 0 Å². The molecule has 6 heteroatoms. The summed E-state index contributed by atoms with van der Waals surface area (Å²) in [4.78, 5) is 11.6. The van der Waals surface area contributed by atoms with Crippen molar-refractivity contribution in [2.45, 2.75) is 32.7 Å². The van der Waals surface area contributed by atoms with Crippen LogP contribution in [0.2, 0.25) is 0 Å². The van der Waals surface area contributed by atoms with Gasteiger partial charge in [0.1, 0.15) is 0 Å². The first-order chi connectivity index (χ1) is 6.62. The second-order valence-corrected chi connectivity index (χ2v) is 4.03. The fourth-order valence-electron chi connectivity index (χ4n) is 1.20. The highest BCUT2D eigenvalue weighted by atomic mass is 16.2. The molecule has 0 aliphatic heterocycles. The number of nitrogens with zero attached hydrogens (tertiary/aromatic N) is 3. The summed E-state index contributed by atoms with van der Waals surface area (Å²) in [5, 5.41) is 16.3. The Labute approximate surface area is 81.5 Å². The number of nitrogens with one attached hydrogen (secondary N) is 2. The number of hydrogen-bond donors (Lipinski definition) is 2. The first-order valence-electron chi connectivity index (χ1n) is 4.66. The molecule has 2 rings (SSSR count). The van der Waals surface area contributed by atoms with Crippen LogP contribution in [0.15, 0.2) is 0 Å². The van der Waals surface area contributed by atoms with Crippen molar-refractivity contribution in [3.8, 4) is 0 Å². The Morgan fingerprint density at radius 2 is 2.36 bits per heavy atom. The monoisotopic (exact) mass is 195 g/mol. The SMILES string of the molecule is CC(NC(=O)C1(C)CC1)c1nn[nH]n1. The summed E-state index contributed by atoms with van der Waals surface area (Å²) in [6.07, 6.45) is 1.94. The molecule has 1 saturated carbocycles. The number of carbonyl (C=O) groups excluding carboxylic acids is 1. The zero-order valence-electron chi connectivity index (χ0n) is 8.24. The summed E-state index contributed by atoms with van der Waals surface area (Å²) >= 11 is 0. The maximum Gasteiger partial charge on any atom is 0.226 e. The van der Waals surface area contributed by atoms with Gasteiger partial charge in [-0.2, -0.15) is 5.21 Å². The minimum absolute atomic E-state index is 0.0785. The number of tetrazole rings is 1. The van der Waals surface area contributed by atoms with Crippen molar-refractivity contribution in [3.05, 3.63) is 5.82 Å². The Hall–Kier alpha value is -1.46. The standard InChI is InChI=1S/C8H13N5O/c1-5(6-10-12-13-11-6)9-7(14)8(2)3-4-8/h5H,3-4H2,1-2H3,(H,9,14)(H,10,11,12,13). The van der Waals surface area contributed by atoms with Crippen molar-refractivity contribution >= 4 is 5.91 Å². The van der Waals surface area contributed by atoms with Crippen LogP contribution in [-0.4, -0.2) is 26.5 Å². The summed E-state index contributed by atoms with van der Waals surface area (Å²) in [6.45, 7) is 3.81. The normalized spacial score (nSPS) is 20.1. The topological polar surface area (TPSA) is 83.6 Å². The Morgan fingerprint density at radius 1 is 1.64 bits per heavy atom. The van der Waals surface area contributed by atoms with E-state index in [4.69, 9.17) is 0 Å². The first kappa shape index (κ1) is 9.11. The molecule has 0 saturated heterocycles. The van der Waals surface area contributed by atoms with Crippen LogP contribution < -0.4 is 5.32 Å². The number of hydrogen-bond acceptors (Lipinski definition) is 4. The lowest BCUT2D eigenvalue weighted by atomic mass is 10.1. The van der Waals surface area contributed by atoms with Crippen molar-refractivity contribution in [2.75, 3.05) is 0 Å².